The predicted octanol–water partition coefficient (Wildman–Crippen LogP) is 6.96. The number of carbonyl (C=O) groups is 2. The van der Waals surface area contributed by atoms with Crippen LogP contribution in [-0.2, 0) is 22.4 Å². The molecule has 7 nitrogen and oxygen atoms in total. The third kappa shape index (κ3) is 5.47. The Morgan fingerprint density at radius 2 is 1.76 bits per heavy atom. The second-order valence-electron chi connectivity index (χ2n) is 9.66. The summed E-state index contributed by atoms with van der Waals surface area (Å²) in [7, 11) is 1.36. The van der Waals surface area contributed by atoms with Crippen molar-refractivity contribution in [1.82, 2.24) is 9.55 Å². The SMILES string of the molecule is COC(=O)c1c(NC(=O)CSc2nc3scc(-c4ccccc4)c3c(=O)n2-c2ccccc2)sc2c1CCCCC2. The number of hydrogen-bond acceptors (Lipinski definition) is 8. The van der Waals surface area contributed by atoms with E-state index < -0.39 is 5.97 Å². The van der Waals surface area contributed by atoms with E-state index in [1.165, 1.54) is 41.5 Å². The predicted molar refractivity (Wildman–Crippen MR) is 167 cm³/mol. The van der Waals surface area contributed by atoms with Crippen molar-refractivity contribution >= 4 is 61.5 Å². The summed E-state index contributed by atoms with van der Waals surface area (Å²) in [5.74, 6) is -0.684. The molecule has 0 aliphatic heterocycles. The molecule has 1 amide bonds. The van der Waals surface area contributed by atoms with Gasteiger partial charge in [0.25, 0.3) is 5.56 Å². The summed E-state index contributed by atoms with van der Waals surface area (Å²) in [6, 6.07) is 19.1. The zero-order valence-electron chi connectivity index (χ0n) is 22.3. The number of rotatable bonds is 7. The topological polar surface area (TPSA) is 90.3 Å². The quantitative estimate of drug-likeness (QED) is 0.0939. The van der Waals surface area contributed by atoms with Gasteiger partial charge in [0.1, 0.15) is 9.83 Å². The summed E-state index contributed by atoms with van der Waals surface area (Å²) in [6.45, 7) is 0. The lowest BCUT2D eigenvalue weighted by atomic mass is 10.1. The molecule has 0 radical (unpaired) electrons. The Morgan fingerprint density at radius 3 is 2.51 bits per heavy atom. The van der Waals surface area contributed by atoms with Crippen LogP contribution in [0.25, 0.3) is 27.0 Å². The number of thiophene rings is 2. The number of ether oxygens (including phenoxy) is 1. The van der Waals surface area contributed by atoms with E-state index in [1.54, 1.807) is 4.57 Å². The second kappa shape index (κ2) is 12.0. The first-order valence-corrected chi connectivity index (χ1v) is 16.0. The van der Waals surface area contributed by atoms with Gasteiger partial charge in [-0.05, 0) is 48.9 Å². The highest BCUT2D eigenvalue weighted by Crippen LogP contribution is 2.38. The normalized spacial score (nSPS) is 13.0. The van der Waals surface area contributed by atoms with E-state index in [4.69, 9.17) is 9.72 Å². The fraction of sp³-hybridized carbons (Fsp3) is 0.226. The molecule has 6 rings (SSSR count). The molecular formula is C31H27N3O4S3. The molecule has 0 saturated heterocycles. The summed E-state index contributed by atoms with van der Waals surface area (Å²) in [5, 5.41) is 6.43. The Morgan fingerprint density at radius 1 is 1.02 bits per heavy atom. The molecule has 2 aromatic carbocycles. The number of fused-ring (bicyclic) bond motifs is 2. The molecule has 41 heavy (non-hydrogen) atoms. The zero-order valence-corrected chi connectivity index (χ0v) is 24.8. The van der Waals surface area contributed by atoms with Crippen molar-refractivity contribution in [1.29, 1.82) is 0 Å². The number of nitrogens with one attached hydrogen (secondary N) is 1. The fourth-order valence-electron chi connectivity index (χ4n) is 5.15. The smallest absolute Gasteiger partial charge is 0.341 e. The van der Waals surface area contributed by atoms with Gasteiger partial charge in [0, 0.05) is 15.8 Å². The van der Waals surface area contributed by atoms with Crippen LogP contribution < -0.4 is 10.9 Å². The number of nitrogens with zero attached hydrogens (tertiary/aromatic N) is 2. The van der Waals surface area contributed by atoms with Crippen LogP contribution in [0.2, 0.25) is 0 Å². The molecule has 5 aromatic rings. The molecule has 3 heterocycles. The Balaban J connectivity index is 1.33. The van der Waals surface area contributed by atoms with Crippen LogP contribution in [0.3, 0.4) is 0 Å². The fourth-order valence-corrected chi connectivity index (χ4v) is 8.24. The number of aryl methyl sites for hydroxylation is 1. The van der Waals surface area contributed by atoms with Gasteiger partial charge in [-0.3, -0.25) is 14.2 Å². The Bertz CT molecular complexity index is 1790. The maximum absolute atomic E-state index is 14.0. The summed E-state index contributed by atoms with van der Waals surface area (Å²) < 4.78 is 6.65. The molecule has 1 aliphatic carbocycles. The number of esters is 1. The summed E-state index contributed by atoms with van der Waals surface area (Å²) in [5.41, 5.74) is 3.76. The number of benzene rings is 2. The number of thioether (sulfide) groups is 1. The third-order valence-corrected chi connectivity index (χ3v) is 10.1. The molecule has 10 heteroatoms. The second-order valence-corrected chi connectivity index (χ2v) is 12.6. The molecule has 1 aliphatic rings. The standard InChI is InChI=1S/C31H27N3O4S3/c1-38-30(37)26-21-15-9-4-10-16-23(21)41-28(26)32-24(35)18-40-31-33-27-25(22(17-39-27)19-11-5-2-6-12-19)29(36)34(31)20-13-7-3-8-14-20/h2-3,5-8,11-14,17H,4,9-10,15-16,18H2,1H3,(H,32,35). The number of aromatic nitrogens is 2. The van der Waals surface area contributed by atoms with E-state index in [1.807, 2.05) is 66.0 Å². The van der Waals surface area contributed by atoms with Crippen LogP contribution in [0.1, 0.15) is 40.1 Å². The molecule has 0 saturated carbocycles. The van der Waals surface area contributed by atoms with Gasteiger partial charge in [-0.25, -0.2) is 9.78 Å². The Labute approximate surface area is 249 Å². The van der Waals surface area contributed by atoms with E-state index >= 15 is 0 Å². The molecule has 0 unspecified atom stereocenters. The van der Waals surface area contributed by atoms with Gasteiger partial charge in [-0.1, -0.05) is 66.7 Å². The average molecular weight is 602 g/mol. The van der Waals surface area contributed by atoms with Gasteiger partial charge in [-0.15, -0.1) is 22.7 Å². The number of carbonyl (C=O) groups excluding carboxylic acids is 2. The van der Waals surface area contributed by atoms with Crippen molar-refractivity contribution in [2.75, 3.05) is 18.2 Å². The maximum Gasteiger partial charge on any atom is 0.341 e. The number of para-hydroxylation sites is 1. The lowest BCUT2D eigenvalue weighted by Gasteiger charge is -2.13. The van der Waals surface area contributed by atoms with Gasteiger partial charge in [-0.2, -0.15) is 0 Å². The number of methoxy groups -OCH3 is 1. The average Bonchev–Trinajstić information content (AvgIpc) is 3.50. The van der Waals surface area contributed by atoms with Crippen LogP contribution in [0.5, 0.6) is 0 Å². The summed E-state index contributed by atoms with van der Waals surface area (Å²) in [6.07, 6.45) is 4.90. The van der Waals surface area contributed by atoms with Crippen LogP contribution >= 0.6 is 34.4 Å². The first-order chi connectivity index (χ1) is 20.0. The van der Waals surface area contributed by atoms with Crippen LogP contribution in [-0.4, -0.2) is 34.3 Å². The van der Waals surface area contributed by atoms with Crippen molar-refractivity contribution in [2.24, 2.45) is 0 Å². The minimum absolute atomic E-state index is 0.0187. The van der Waals surface area contributed by atoms with Crippen molar-refractivity contribution in [3.63, 3.8) is 0 Å². The van der Waals surface area contributed by atoms with Crippen molar-refractivity contribution in [3.05, 3.63) is 92.4 Å². The summed E-state index contributed by atoms with van der Waals surface area (Å²) >= 11 is 4.07. The lowest BCUT2D eigenvalue weighted by Crippen LogP contribution is -2.23. The van der Waals surface area contributed by atoms with Crippen LogP contribution in [0, 0.1) is 0 Å². The van der Waals surface area contributed by atoms with E-state index in [2.05, 4.69) is 5.32 Å². The van der Waals surface area contributed by atoms with Gasteiger partial charge < -0.3 is 10.1 Å². The molecule has 0 spiro atoms. The van der Waals surface area contributed by atoms with Crippen molar-refractivity contribution < 1.29 is 14.3 Å². The van der Waals surface area contributed by atoms with Crippen LogP contribution in [0.4, 0.5) is 5.00 Å². The van der Waals surface area contributed by atoms with Crippen molar-refractivity contribution in [3.8, 4) is 16.8 Å². The minimum atomic E-state index is -0.427. The van der Waals surface area contributed by atoms with Crippen LogP contribution in [0.15, 0.2) is 76.0 Å². The van der Waals surface area contributed by atoms with E-state index in [9.17, 15) is 14.4 Å². The molecule has 1 N–H and O–H groups in total. The first-order valence-electron chi connectivity index (χ1n) is 13.4. The molecule has 0 atom stereocenters. The highest BCUT2D eigenvalue weighted by atomic mass is 32.2. The Kier molecular flexibility index (Phi) is 8.04. The van der Waals surface area contributed by atoms with Gasteiger partial charge in [0.05, 0.1) is 29.5 Å². The van der Waals surface area contributed by atoms with Gasteiger partial charge in [0.15, 0.2) is 5.16 Å². The molecule has 0 fully saturated rings. The van der Waals surface area contributed by atoms with Gasteiger partial charge in [0.2, 0.25) is 5.91 Å². The van der Waals surface area contributed by atoms with E-state index in [0.717, 1.165) is 53.7 Å². The molecule has 3 aromatic heterocycles. The largest absolute Gasteiger partial charge is 0.465 e. The maximum atomic E-state index is 14.0. The first kappa shape index (κ1) is 27.4. The zero-order chi connectivity index (χ0) is 28.3. The lowest BCUT2D eigenvalue weighted by molar-refractivity contribution is -0.113. The summed E-state index contributed by atoms with van der Waals surface area (Å²) in [4.78, 5) is 46.5. The highest BCUT2D eigenvalue weighted by molar-refractivity contribution is 7.99. The minimum Gasteiger partial charge on any atom is -0.465 e. The number of amides is 1. The number of anilines is 1. The van der Waals surface area contributed by atoms with Gasteiger partial charge >= 0.3 is 5.97 Å². The molecular weight excluding hydrogens is 575 g/mol. The van der Waals surface area contributed by atoms with Crippen molar-refractivity contribution in [2.45, 2.75) is 37.3 Å². The molecule has 208 valence electrons. The Hall–Kier alpha value is -3.73. The molecule has 0 bridgehead atoms. The van der Waals surface area contributed by atoms with E-state index in [0.29, 0.717) is 31.6 Å². The van der Waals surface area contributed by atoms with E-state index in [-0.39, 0.29) is 17.2 Å². The monoisotopic (exact) mass is 601 g/mol. The number of hydrogen-bond donors (Lipinski definition) is 1. The highest BCUT2D eigenvalue weighted by Gasteiger charge is 2.27. The third-order valence-electron chi connectivity index (χ3n) is 7.07.